The van der Waals surface area contributed by atoms with E-state index in [2.05, 4.69) is 19.2 Å². The molecule has 1 aliphatic carbocycles. The number of amides is 1. The van der Waals surface area contributed by atoms with Crippen LogP contribution in [0.15, 0.2) is 24.3 Å². The summed E-state index contributed by atoms with van der Waals surface area (Å²) < 4.78 is 0. The van der Waals surface area contributed by atoms with E-state index in [4.69, 9.17) is 11.6 Å². The zero-order valence-electron chi connectivity index (χ0n) is 11.7. The van der Waals surface area contributed by atoms with Gasteiger partial charge in [0.25, 0.3) is 0 Å². The zero-order chi connectivity index (χ0) is 13.9. The van der Waals surface area contributed by atoms with E-state index in [-0.39, 0.29) is 17.2 Å². The normalized spacial score (nSPS) is 21.3. The molecule has 2 nitrogen and oxygen atoms in total. The van der Waals surface area contributed by atoms with E-state index in [1.165, 1.54) is 0 Å². The van der Waals surface area contributed by atoms with Gasteiger partial charge in [0.05, 0.1) is 0 Å². The highest BCUT2D eigenvalue weighted by Crippen LogP contribution is 2.42. The summed E-state index contributed by atoms with van der Waals surface area (Å²) in [5, 5.41) is 3.07. The standard InChI is InChI=1S/C16H22ClNO/c1-16(2)8-4-7-14(16)15(19)18-11-13-6-3-5-12(9-13)10-17/h3,5-6,9,14H,4,7-8,10-11H2,1-2H3,(H,18,19). The van der Waals surface area contributed by atoms with Crippen molar-refractivity contribution < 1.29 is 4.79 Å². The first-order chi connectivity index (χ1) is 9.03. The molecular weight excluding hydrogens is 258 g/mol. The molecule has 0 aromatic heterocycles. The molecule has 0 bridgehead atoms. The Morgan fingerprint density at radius 3 is 2.79 bits per heavy atom. The molecular formula is C16H22ClNO. The predicted octanol–water partition coefficient (Wildman–Crippen LogP) is 3.87. The average Bonchev–Trinajstić information content (AvgIpc) is 2.76. The van der Waals surface area contributed by atoms with Crippen molar-refractivity contribution in [2.24, 2.45) is 11.3 Å². The Bertz CT molecular complexity index is 456. The van der Waals surface area contributed by atoms with Gasteiger partial charge in [-0.05, 0) is 29.4 Å². The lowest BCUT2D eigenvalue weighted by atomic mass is 9.81. The Hall–Kier alpha value is -1.02. The van der Waals surface area contributed by atoms with Crippen LogP contribution in [0.4, 0.5) is 0 Å². The largest absolute Gasteiger partial charge is 0.352 e. The second kappa shape index (κ2) is 5.96. The van der Waals surface area contributed by atoms with E-state index in [1.807, 2.05) is 24.3 Å². The van der Waals surface area contributed by atoms with E-state index in [0.717, 1.165) is 30.4 Å². The quantitative estimate of drug-likeness (QED) is 0.833. The van der Waals surface area contributed by atoms with Crippen molar-refractivity contribution in [2.75, 3.05) is 0 Å². The number of hydrogen-bond donors (Lipinski definition) is 1. The number of halogens is 1. The minimum absolute atomic E-state index is 0.141. The van der Waals surface area contributed by atoms with E-state index >= 15 is 0 Å². The molecule has 104 valence electrons. The van der Waals surface area contributed by atoms with E-state index in [9.17, 15) is 4.79 Å². The first kappa shape index (κ1) is 14.4. The van der Waals surface area contributed by atoms with E-state index in [1.54, 1.807) is 0 Å². The van der Waals surface area contributed by atoms with Gasteiger partial charge in [0, 0.05) is 18.3 Å². The van der Waals surface area contributed by atoms with E-state index < -0.39 is 0 Å². The summed E-state index contributed by atoms with van der Waals surface area (Å²) >= 11 is 5.82. The van der Waals surface area contributed by atoms with Crippen molar-refractivity contribution >= 4 is 17.5 Å². The second-order valence-electron chi connectivity index (χ2n) is 6.10. The van der Waals surface area contributed by atoms with E-state index in [0.29, 0.717) is 12.4 Å². The molecule has 2 rings (SSSR count). The lowest BCUT2D eigenvalue weighted by molar-refractivity contribution is -0.127. The number of alkyl halides is 1. The molecule has 0 aliphatic heterocycles. The van der Waals surface area contributed by atoms with Gasteiger partial charge in [-0.1, -0.05) is 44.5 Å². The number of hydrogen-bond acceptors (Lipinski definition) is 1. The SMILES string of the molecule is CC1(C)CCCC1C(=O)NCc1cccc(CCl)c1. The third-order valence-corrected chi connectivity index (χ3v) is 4.49. The molecule has 1 N–H and O–H groups in total. The minimum atomic E-state index is 0.141. The molecule has 1 saturated carbocycles. The van der Waals surface area contributed by atoms with Crippen molar-refractivity contribution in [3.05, 3.63) is 35.4 Å². The molecule has 3 heteroatoms. The molecule has 1 atom stereocenters. The maximum absolute atomic E-state index is 12.3. The van der Waals surface area contributed by atoms with Crippen LogP contribution in [0.1, 0.15) is 44.2 Å². The lowest BCUT2D eigenvalue weighted by Gasteiger charge is -2.25. The van der Waals surface area contributed by atoms with Crippen molar-refractivity contribution in [2.45, 2.75) is 45.5 Å². The molecule has 0 spiro atoms. The first-order valence-corrected chi connectivity index (χ1v) is 7.48. The topological polar surface area (TPSA) is 29.1 Å². The third-order valence-electron chi connectivity index (χ3n) is 4.19. The summed E-state index contributed by atoms with van der Waals surface area (Å²) in [4.78, 5) is 12.3. The smallest absolute Gasteiger partial charge is 0.223 e. The summed E-state index contributed by atoms with van der Waals surface area (Å²) in [5.74, 6) is 0.861. The van der Waals surface area contributed by atoms with Crippen LogP contribution in [-0.2, 0) is 17.2 Å². The highest BCUT2D eigenvalue weighted by atomic mass is 35.5. The summed E-state index contributed by atoms with van der Waals surface area (Å²) in [6.45, 7) is 4.98. The number of rotatable bonds is 4. The fourth-order valence-electron chi connectivity index (χ4n) is 2.95. The number of carbonyl (C=O) groups excluding carboxylic acids is 1. The van der Waals surface area contributed by atoms with Crippen molar-refractivity contribution in [3.8, 4) is 0 Å². The molecule has 1 amide bonds. The fourth-order valence-corrected chi connectivity index (χ4v) is 3.11. The first-order valence-electron chi connectivity index (χ1n) is 6.94. The molecule has 1 aromatic carbocycles. The lowest BCUT2D eigenvalue weighted by Crippen LogP contribution is -2.35. The Morgan fingerprint density at radius 2 is 2.16 bits per heavy atom. The zero-order valence-corrected chi connectivity index (χ0v) is 12.5. The number of carbonyl (C=O) groups is 1. The average molecular weight is 280 g/mol. The van der Waals surface area contributed by atoms with Crippen molar-refractivity contribution in [1.29, 1.82) is 0 Å². The van der Waals surface area contributed by atoms with Gasteiger partial charge in [-0.25, -0.2) is 0 Å². The Kier molecular flexibility index (Phi) is 4.51. The van der Waals surface area contributed by atoms with Gasteiger partial charge in [-0.2, -0.15) is 0 Å². The molecule has 0 radical (unpaired) electrons. The molecule has 1 aliphatic rings. The maximum atomic E-state index is 12.3. The second-order valence-corrected chi connectivity index (χ2v) is 6.37. The highest BCUT2D eigenvalue weighted by molar-refractivity contribution is 6.17. The Balaban J connectivity index is 1.93. The summed E-state index contributed by atoms with van der Waals surface area (Å²) in [6, 6.07) is 8.06. The molecule has 1 aromatic rings. The van der Waals surface area contributed by atoms with Crippen LogP contribution in [-0.4, -0.2) is 5.91 Å². The van der Waals surface area contributed by atoms with Crippen LogP contribution in [0.5, 0.6) is 0 Å². The summed E-state index contributed by atoms with van der Waals surface area (Å²) in [5.41, 5.74) is 2.35. The predicted molar refractivity (Wildman–Crippen MR) is 79.0 cm³/mol. The van der Waals surface area contributed by atoms with Crippen LogP contribution in [0.3, 0.4) is 0 Å². The van der Waals surface area contributed by atoms with Crippen LogP contribution >= 0.6 is 11.6 Å². The monoisotopic (exact) mass is 279 g/mol. The molecule has 19 heavy (non-hydrogen) atoms. The number of nitrogens with one attached hydrogen (secondary N) is 1. The van der Waals surface area contributed by atoms with Crippen molar-refractivity contribution in [1.82, 2.24) is 5.32 Å². The van der Waals surface area contributed by atoms with Crippen LogP contribution in [0, 0.1) is 11.3 Å². The van der Waals surface area contributed by atoms with Crippen molar-refractivity contribution in [3.63, 3.8) is 0 Å². The minimum Gasteiger partial charge on any atom is -0.352 e. The molecule has 0 heterocycles. The van der Waals surface area contributed by atoms with Gasteiger partial charge in [0.2, 0.25) is 5.91 Å². The van der Waals surface area contributed by atoms with Gasteiger partial charge < -0.3 is 5.32 Å². The highest BCUT2D eigenvalue weighted by Gasteiger charge is 2.38. The van der Waals surface area contributed by atoms with Gasteiger partial charge in [-0.15, -0.1) is 11.6 Å². The van der Waals surface area contributed by atoms with Crippen LogP contribution < -0.4 is 5.32 Å². The number of benzene rings is 1. The summed E-state index contributed by atoms with van der Waals surface area (Å²) in [7, 11) is 0. The molecule has 1 unspecified atom stereocenters. The maximum Gasteiger partial charge on any atom is 0.223 e. The molecule has 1 fully saturated rings. The van der Waals surface area contributed by atoms with Gasteiger partial charge in [0.1, 0.15) is 0 Å². The van der Waals surface area contributed by atoms with Gasteiger partial charge >= 0.3 is 0 Å². The van der Waals surface area contributed by atoms with Crippen LogP contribution in [0.2, 0.25) is 0 Å². The van der Waals surface area contributed by atoms with Crippen LogP contribution in [0.25, 0.3) is 0 Å². The van der Waals surface area contributed by atoms with Gasteiger partial charge in [0.15, 0.2) is 0 Å². The van der Waals surface area contributed by atoms with Gasteiger partial charge in [-0.3, -0.25) is 4.79 Å². The summed E-state index contributed by atoms with van der Waals surface area (Å²) in [6.07, 6.45) is 3.32. The Labute approximate surface area is 120 Å². The molecule has 0 saturated heterocycles. The third kappa shape index (κ3) is 3.50. The Morgan fingerprint density at radius 1 is 1.42 bits per heavy atom. The fraction of sp³-hybridized carbons (Fsp3) is 0.562.